The van der Waals surface area contributed by atoms with Crippen molar-refractivity contribution in [2.45, 2.75) is 0 Å². The zero-order valence-corrected chi connectivity index (χ0v) is 12.9. The van der Waals surface area contributed by atoms with Crippen LogP contribution in [0.25, 0.3) is 33.4 Å². The molecule has 0 fully saturated rings. The number of aromatic amines is 1. The Labute approximate surface area is 137 Å². The van der Waals surface area contributed by atoms with E-state index in [1.165, 1.54) is 0 Å². The largest absolute Gasteiger partial charge is 0.373 e. The highest BCUT2D eigenvalue weighted by molar-refractivity contribution is 5.85. The van der Waals surface area contributed by atoms with Crippen molar-refractivity contribution >= 4 is 16.7 Å². The van der Waals surface area contributed by atoms with Crippen molar-refractivity contribution in [3.05, 3.63) is 60.9 Å². The summed E-state index contributed by atoms with van der Waals surface area (Å²) >= 11 is 0. The molecule has 4 aromatic rings. The van der Waals surface area contributed by atoms with E-state index in [0.717, 1.165) is 22.3 Å². The average molecular weight is 319 g/mol. The number of rotatable bonds is 3. The van der Waals surface area contributed by atoms with E-state index in [2.05, 4.69) is 25.3 Å². The Kier molecular flexibility index (Phi) is 3.42. The molecule has 118 valence electrons. The third-order valence-corrected chi connectivity index (χ3v) is 3.88. The van der Waals surface area contributed by atoms with Crippen molar-refractivity contribution in [3.8, 4) is 22.5 Å². The average Bonchev–Trinajstić information content (AvgIpc) is 3.05. The molecule has 4 heterocycles. The second-order valence-electron chi connectivity index (χ2n) is 5.36. The Morgan fingerprint density at radius 1 is 1.08 bits per heavy atom. The number of hydrogen-bond acceptors (Lipinski definition) is 4. The zero-order chi connectivity index (χ0) is 16.5. The molecule has 0 aromatic carbocycles. The van der Waals surface area contributed by atoms with Gasteiger partial charge >= 0.3 is 0 Å². The minimum Gasteiger partial charge on any atom is -0.373 e. The topological polar surface area (TPSA) is 66.5 Å². The van der Waals surface area contributed by atoms with Crippen LogP contribution in [0.5, 0.6) is 0 Å². The van der Waals surface area contributed by atoms with Crippen LogP contribution in [0.1, 0.15) is 0 Å². The summed E-state index contributed by atoms with van der Waals surface area (Å²) in [6.45, 7) is 0. The van der Waals surface area contributed by atoms with Crippen molar-refractivity contribution in [3.63, 3.8) is 0 Å². The van der Waals surface area contributed by atoms with Crippen molar-refractivity contribution in [1.82, 2.24) is 19.9 Å². The summed E-state index contributed by atoms with van der Waals surface area (Å²) in [6.07, 6.45) is 5.09. The van der Waals surface area contributed by atoms with E-state index < -0.39 is 5.95 Å². The fourth-order valence-electron chi connectivity index (χ4n) is 2.61. The number of fused-ring (bicyclic) bond motifs is 1. The lowest BCUT2D eigenvalue weighted by Crippen LogP contribution is -1.94. The normalized spacial score (nSPS) is 10.9. The van der Waals surface area contributed by atoms with Crippen LogP contribution in [-0.2, 0) is 0 Å². The first kappa shape index (κ1) is 14.3. The van der Waals surface area contributed by atoms with Gasteiger partial charge in [0.1, 0.15) is 5.82 Å². The Balaban J connectivity index is 1.73. The van der Waals surface area contributed by atoms with Crippen molar-refractivity contribution in [2.75, 3.05) is 12.4 Å². The molecule has 0 aliphatic rings. The molecule has 0 aliphatic heterocycles. The lowest BCUT2D eigenvalue weighted by molar-refractivity contribution is 0.588. The van der Waals surface area contributed by atoms with Gasteiger partial charge < -0.3 is 10.3 Å². The van der Waals surface area contributed by atoms with Gasteiger partial charge in [0, 0.05) is 30.4 Å². The Hall–Kier alpha value is -3.28. The van der Waals surface area contributed by atoms with Crippen LogP contribution in [0.15, 0.2) is 55.0 Å². The predicted octanol–water partition coefficient (Wildman–Crippen LogP) is 3.87. The summed E-state index contributed by atoms with van der Waals surface area (Å²) in [6, 6.07) is 11.0. The SMILES string of the molecule is CNc1ccc(-c2ccc(-c3cc4ccncc4[nH]3)c(F)n2)cn1. The number of hydrogen-bond donors (Lipinski definition) is 2. The molecule has 0 atom stereocenters. The maximum atomic E-state index is 14.5. The molecular weight excluding hydrogens is 305 g/mol. The maximum absolute atomic E-state index is 14.5. The van der Waals surface area contributed by atoms with E-state index in [0.29, 0.717) is 17.0 Å². The fourth-order valence-corrected chi connectivity index (χ4v) is 2.61. The van der Waals surface area contributed by atoms with Crippen LogP contribution >= 0.6 is 0 Å². The molecule has 0 saturated carbocycles. The highest BCUT2D eigenvalue weighted by atomic mass is 19.1. The van der Waals surface area contributed by atoms with E-state index in [9.17, 15) is 4.39 Å². The molecule has 5 nitrogen and oxygen atoms in total. The van der Waals surface area contributed by atoms with Crippen LogP contribution in [0, 0.1) is 5.95 Å². The minimum atomic E-state index is -0.523. The Morgan fingerprint density at radius 3 is 2.71 bits per heavy atom. The maximum Gasteiger partial charge on any atom is 0.222 e. The van der Waals surface area contributed by atoms with E-state index in [1.807, 2.05) is 24.3 Å². The number of aromatic nitrogens is 4. The number of nitrogens with one attached hydrogen (secondary N) is 2. The molecule has 24 heavy (non-hydrogen) atoms. The first-order valence-electron chi connectivity index (χ1n) is 7.48. The molecule has 0 amide bonds. The molecule has 0 spiro atoms. The Morgan fingerprint density at radius 2 is 2.00 bits per heavy atom. The molecule has 0 unspecified atom stereocenters. The van der Waals surface area contributed by atoms with Gasteiger partial charge in [-0.15, -0.1) is 0 Å². The van der Waals surface area contributed by atoms with Gasteiger partial charge in [0.2, 0.25) is 5.95 Å². The lowest BCUT2D eigenvalue weighted by atomic mass is 10.1. The van der Waals surface area contributed by atoms with Gasteiger partial charge in [-0.1, -0.05) is 0 Å². The molecule has 2 N–H and O–H groups in total. The second-order valence-corrected chi connectivity index (χ2v) is 5.36. The van der Waals surface area contributed by atoms with E-state index in [-0.39, 0.29) is 0 Å². The molecule has 4 aromatic heterocycles. The van der Waals surface area contributed by atoms with Gasteiger partial charge in [-0.05, 0) is 36.4 Å². The van der Waals surface area contributed by atoms with Crippen LogP contribution < -0.4 is 5.32 Å². The van der Waals surface area contributed by atoms with Crippen molar-refractivity contribution < 1.29 is 4.39 Å². The summed E-state index contributed by atoms with van der Waals surface area (Å²) < 4.78 is 14.5. The quantitative estimate of drug-likeness (QED) is 0.563. The van der Waals surface area contributed by atoms with Crippen LogP contribution in [0.4, 0.5) is 10.2 Å². The Bertz CT molecular complexity index is 975. The predicted molar refractivity (Wildman–Crippen MR) is 92.1 cm³/mol. The summed E-state index contributed by atoms with van der Waals surface area (Å²) in [5.74, 6) is 0.229. The first-order chi connectivity index (χ1) is 11.7. The molecule has 0 radical (unpaired) electrons. The van der Waals surface area contributed by atoms with Gasteiger partial charge in [-0.2, -0.15) is 4.39 Å². The van der Waals surface area contributed by atoms with Gasteiger partial charge in [-0.3, -0.25) is 4.98 Å². The smallest absolute Gasteiger partial charge is 0.222 e. The van der Waals surface area contributed by atoms with Crippen LogP contribution in [-0.4, -0.2) is 27.0 Å². The highest BCUT2D eigenvalue weighted by Crippen LogP contribution is 2.27. The standard InChI is InChI=1S/C18H14FN5/c1-20-17-5-2-12(9-22-17)14-4-3-13(18(19)24-14)15-8-11-6-7-21-10-16(11)23-15/h2-10,23H,1H3,(H,20,22). The number of halogens is 1. The second kappa shape index (κ2) is 5.73. The number of anilines is 1. The summed E-state index contributed by atoms with van der Waals surface area (Å²) in [5.41, 5.74) is 3.28. The summed E-state index contributed by atoms with van der Waals surface area (Å²) in [4.78, 5) is 15.5. The summed E-state index contributed by atoms with van der Waals surface area (Å²) in [5, 5.41) is 3.93. The van der Waals surface area contributed by atoms with Crippen molar-refractivity contribution in [1.29, 1.82) is 0 Å². The third-order valence-electron chi connectivity index (χ3n) is 3.88. The number of pyridine rings is 3. The number of H-pyrrole nitrogens is 1. The lowest BCUT2D eigenvalue weighted by Gasteiger charge is -2.05. The fraction of sp³-hybridized carbons (Fsp3) is 0.0556. The van der Waals surface area contributed by atoms with E-state index >= 15 is 0 Å². The number of nitrogens with zero attached hydrogens (tertiary/aromatic N) is 3. The van der Waals surface area contributed by atoms with Crippen LogP contribution in [0.2, 0.25) is 0 Å². The highest BCUT2D eigenvalue weighted by Gasteiger charge is 2.11. The molecule has 0 aliphatic carbocycles. The van der Waals surface area contributed by atoms with Gasteiger partial charge in [0.15, 0.2) is 0 Å². The van der Waals surface area contributed by atoms with Gasteiger partial charge in [-0.25, -0.2) is 9.97 Å². The zero-order valence-electron chi connectivity index (χ0n) is 12.9. The molecular formula is C18H14FN5. The van der Waals surface area contributed by atoms with E-state index in [4.69, 9.17) is 0 Å². The first-order valence-corrected chi connectivity index (χ1v) is 7.48. The van der Waals surface area contributed by atoms with Crippen molar-refractivity contribution in [2.24, 2.45) is 0 Å². The molecule has 6 heteroatoms. The molecule has 4 rings (SSSR count). The molecule has 0 saturated heterocycles. The van der Waals surface area contributed by atoms with E-state index in [1.54, 1.807) is 37.8 Å². The van der Waals surface area contributed by atoms with Crippen LogP contribution in [0.3, 0.4) is 0 Å². The monoisotopic (exact) mass is 319 g/mol. The summed E-state index contributed by atoms with van der Waals surface area (Å²) in [7, 11) is 1.80. The molecule has 0 bridgehead atoms. The van der Waals surface area contributed by atoms with Gasteiger partial charge in [0.25, 0.3) is 0 Å². The minimum absolute atomic E-state index is 0.426. The van der Waals surface area contributed by atoms with Gasteiger partial charge in [0.05, 0.1) is 28.7 Å². The third kappa shape index (κ3) is 2.48.